The lowest BCUT2D eigenvalue weighted by atomic mass is 9.89. The van der Waals surface area contributed by atoms with Gasteiger partial charge in [-0.25, -0.2) is 8.42 Å². The molecule has 3 nitrogen and oxygen atoms in total. The summed E-state index contributed by atoms with van der Waals surface area (Å²) in [6.07, 6.45) is 0. The maximum atomic E-state index is 13.0. The van der Waals surface area contributed by atoms with Gasteiger partial charge in [-0.15, -0.1) is 0 Å². The number of hydrogen-bond acceptors (Lipinski definition) is 3. The van der Waals surface area contributed by atoms with Gasteiger partial charge in [-0.05, 0) is 30.2 Å². The first-order chi connectivity index (χ1) is 12.5. The van der Waals surface area contributed by atoms with Crippen molar-refractivity contribution in [3.8, 4) is 0 Å². The van der Waals surface area contributed by atoms with E-state index in [0.29, 0.717) is 4.90 Å². The summed E-state index contributed by atoms with van der Waals surface area (Å²) < 4.78 is 26.0. The van der Waals surface area contributed by atoms with Crippen LogP contribution >= 0.6 is 0 Å². The number of sulfone groups is 1. The lowest BCUT2D eigenvalue weighted by Crippen LogP contribution is -2.26. The molecule has 0 amide bonds. The van der Waals surface area contributed by atoms with Gasteiger partial charge in [-0.1, -0.05) is 78.4 Å². The van der Waals surface area contributed by atoms with E-state index in [2.05, 4.69) is 0 Å². The van der Waals surface area contributed by atoms with Crippen LogP contribution in [0.3, 0.4) is 0 Å². The van der Waals surface area contributed by atoms with E-state index in [1.54, 1.807) is 12.1 Å². The quantitative estimate of drug-likeness (QED) is 0.710. The topological polar surface area (TPSA) is 60.2 Å². The van der Waals surface area contributed by atoms with Crippen LogP contribution in [-0.4, -0.2) is 14.2 Å². The van der Waals surface area contributed by atoms with E-state index in [4.69, 9.17) is 5.73 Å². The first-order valence-electron chi connectivity index (χ1n) is 8.62. The van der Waals surface area contributed by atoms with Crippen LogP contribution in [0.1, 0.15) is 28.7 Å². The van der Waals surface area contributed by atoms with Crippen molar-refractivity contribution < 1.29 is 8.42 Å². The first-order valence-corrected chi connectivity index (χ1v) is 10.3. The number of benzene rings is 3. The van der Waals surface area contributed by atoms with Crippen molar-refractivity contribution in [2.24, 2.45) is 5.73 Å². The van der Waals surface area contributed by atoms with E-state index in [1.165, 1.54) is 0 Å². The van der Waals surface area contributed by atoms with Crippen molar-refractivity contribution in [3.05, 3.63) is 102 Å². The molecule has 2 N–H and O–H groups in total. The van der Waals surface area contributed by atoms with Crippen molar-refractivity contribution >= 4 is 9.84 Å². The molecule has 3 aromatic rings. The normalized spacial score (nSPS) is 13.9. The third-order valence-electron chi connectivity index (χ3n) is 4.62. The molecule has 0 spiro atoms. The monoisotopic (exact) mass is 365 g/mol. The van der Waals surface area contributed by atoms with Crippen LogP contribution in [0.2, 0.25) is 0 Å². The van der Waals surface area contributed by atoms with Crippen LogP contribution in [0.25, 0.3) is 0 Å². The van der Waals surface area contributed by atoms with Crippen LogP contribution in [-0.2, 0) is 9.84 Å². The largest absolute Gasteiger partial charge is 0.323 e. The van der Waals surface area contributed by atoms with E-state index in [1.807, 2.05) is 79.7 Å². The average molecular weight is 365 g/mol. The zero-order valence-electron chi connectivity index (χ0n) is 14.7. The van der Waals surface area contributed by atoms with E-state index >= 15 is 0 Å². The molecule has 0 aliphatic heterocycles. The van der Waals surface area contributed by atoms with Gasteiger partial charge < -0.3 is 5.73 Å². The SMILES string of the molecule is Cc1ccc(S(=O)(=O)C[C@H](c2ccccc2)C(N)c2ccccc2)cc1. The number of rotatable bonds is 6. The molecule has 3 rings (SSSR count). The third-order valence-corrected chi connectivity index (χ3v) is 6.41. The summed E-state index contributed by atoms with van der Waals surface area (Å²) in [5.41, 5.74) is 9.41. The highest BCUT2D eigenvalue weighted by atomic mass is 32.2. The first kappa shape index (κ1) is 18.4. The van der Waals surface area contributed by atoms with Crippen molar-refractivity contribution in [1.82, 2.24) is 0 Å². The average Bonchev–Trinajstić information content (AvgIpc) is 2.67. The molecule has 134 valence electrons. The Morgan fingerprint density at radius 2 is 1.27 bits per heavy atom. The fraction of sp³-hybridized carbons (Fsp3) is 0.182. The predicted octanol–water partition coefficient (Wildman–Crippen LogP) is 4.25. The summed E-state index contributed by atoms with van der Waals surface area (Å²) >= 11 is 0. The van der Waals surface area contributed by atoms with Crippen molar-refractivity contribution in [2.45, 2.75) is 23.8 Å². The minimum absolute atomic E-state index is 0.0316. The zero-order valence-corrected chi connectivity index (χ0v) is 15.6. The molecule has 0 fully saturated rings. The van der Waals surface area contributed by atoms with E-state index in [0.717, 1.165) is 16.7 Å². The van der Waals surface area contributed by atoms with Gasteiger partial charge in [0.25, 0.3) is 0 Å². The fourth-order valence-corrected chi connectivity index (χ4v) is 4.71. The highest BCUT2D eigenvalue weighted by Gasteiger charge is 2.28. The second kappa shape index (κ2) is 7.85. The van der Waals surface area contributed by atoms with Gasteiger partial charge in [-0.2, -0.15) is 0 Å². The van der Waals surface area contributed by atoms with Gasteiger partial charge in [0.15, 0.2) is 9.84 Å². The van der Waals surface area contributed by atoms with Crippen LogP contribution in [0.15, 0.2) is 89.8 Å². The van der Waals surface area contributed by atoms with E-state index in [9.17, 15) is 8.42 Å². The Bertz CT molecular complexity index is 936. The Morgan fingerprint density at radius 1 is 0.769 bits per heavy atom. The Balaban J connectivity index is 1.97. The Hall–Kier alpha value is -2.43. The minimum Gasteiger partial charge on any atom is -0.323 e. The highest BCUT2D eigenvalue weighted by Crippen LogP contribution is 2.32. The highest BCUT2D eigenvalue weighted by molar-refractivity contribution is 7.91. The summed E-state index contributed by atoms with van der Waals surface area (Å²) in [5, 5.41) is 0. The van der Waals surface area contributed by atoms with Gasteiger partial charge in [0.2, 0.25) is 0 Å². The molecule has 0 aromatic heterocycles. The van der Waals surface area contributed by atoms with Crippen LogP contribution in [0, 0.1) is 6.92 Å². The Kier molecular flexibility index (Phi) is 5.55. The molecule has 0 aliphatic rings. The molecule has 4 heteroatoms. The van der Waals surface area contributed by atoms with E-state index in [-0.39, 0.29) is 11.7 Å². The summed E-state index contributed by atoms with van der Waals surface area (Å²) in [7, 11) is -3.46. The third kappa shape index (κ3) is 4.21. The molecular weight excluding hydrogens is 342 g/mol. The molecule has 1 unspecified atom stereocenters. The van der Waals surface area contributed by atoms with Crippen LogP contribution in [0.4, 0.5) is 0 Å². The summed E-state index contributed by atoms with van der Waals surface area (Å²) in [4.78, 5) is 0.337. The summed E-state index contributed by atoms with van der Waals surface area (Å²) in [6.45, 7) is 1.94. The second-order valence-electron chi connectivity index (χ2n) is 6.55. The predicted molar refractivity (Wildman–Crippen MR) is 106 cm³/mol. The molecule has 0 radical (unpaired) electrons. The number of nitrogens with two attached hydrogens (primary N) is 1. The molecule has 0 saturated carbocycles. The second-order valence-corrected chi connectivity index (χ2v) is 8.58. The Morgan fingerprint density at radius 3 is 1.81 bits per heavy atom. The molecule has 2 atom stereocenters. The van der Waals surface area contributed by atoms with Crippen molar-refractivity contribution in [1.29, 1.82) is 0 Å². The zero-order chi connectivity index (χ0) is 18.6. The number of aryl methyl sites for hydroxylation is 1. The van der Waals surface area contributed by atoms with Gasteiger partial charge in [0, 0.05) is 12.0 Å². The molecule has 0 aliphatic carbocycles. The minimum atomic E-state index is -3.46. The standard InChI is InChI=1S/C22H23NO2S/c1-17-12-14-20(15-13-17)26(24,25)16-21(18-8-4-2-5-9-18)22(23)19-10-6-3-7-11-19/h2-15,21-22H,16,23H2,1H3/t21-,22?/m1/s1. The van der Waals surface area contributed by atoms with Crippen LogP contribution in [0.5, 0.6) is 0 Å². The molecule has 3 aromatic carbocycles. The molecule has 0 saturated heterocycles. The van der Waals surface area contributed by atoms with Crippen molar-refractivity contribution in [3.63, 3.8) is 0 Å². The lowest BCUT2D eigenvalue weighted by molar-refractivity contribution is 0.559. The maximum absolute atomic E-state index is 13.0. The maximum Gasteiger partial charge on any atom is 0.179 e. The smallest absolute Gasteiger partial charge is 0.179 e. The summed E-state index contributed by atoms with van der Waals surface area (Å²) in [5.74, 6) is -0.360. The molecule has 26 heavy (non-hydrogen) atoms. The summed E-state index contributed by atoms with van der Waals surface area (Å²) in [6, 6.07) is 25.9. The van der Waals surface area contributed by atoms with E-state index < -0.39 is 15.9 Å². The molecule has 0 heterocycles. The molecule has 0 bridgehead atoms. The number of hydrogen-bond donors (Lipinski definition) is 1. The van der Waals surface area contributed by atoms with Gasteiger partial charge in [0.05, 0.1) is 10.6 Å². The van der Waals surface area contributed by atoms with Crippen molar-refractivity contribution in [2.75, 3.05) is 5.75 Å². The van der Waals surface area contributed by atoms with Gasteiger partial charge in [0.1, 0.15) is 0 Å². The fourth-order valence-electron chi connectivity index (χ4n) is 3.09. The van der Waals surface area contributed by atoms with Gasteiger partial charge in [-0.3, -0.25) is 0 Å². The van der Waals surface area contributed by atoms with Gasteiger partial charge >= 0.3 is 0 Å². The Labute approximate surface area is 155 Å². The lowest BCUT2D eigenvalue weighted by Gasteiger charge is -2.25. The van der Waals surface area contributed by atoms with Crippen LogP contribution < -0.4 is 5.73 Å². The molecular formula is C22H23NO2S.